The molecule has 0 saturated heterocycles. The first-order chi connectivity index (χ1) is 8.17. The van der Waals surface area contributed by atoms with Crippen molar-refractivity contribution < 1.29 is 0 Å². The average molecular weight is 253 g/mol. The zero-order valence-corrected chi connectivity index (χ0v) is 10.9. The van der Waals surface area contributed by atoms with E-state index in [1.807, 2.05) is 30.1 Å². The number of halogens is 1. The molecule has 0 aliphatic carbocycles. The largest absolute Gasteiger partial charge is 0.344 e. The molecule has 2 rings (SSSR count). The second-order valence-corrected chi connectivity index (χ2v) is 4.39. The van der Waals surface area contributed by atoms with Crippen LogP contribution >= 0.6 is 11.6 Å². The Hall–Kier alpha value is -1.26. The summed E-state index contributed by atoms with van der Waals surface area (Å²) >= 11 is 6.31. The minimum absolute atomic E-state index is 0.531. The fourth-order valence-electron chi connectivity index (χ4n) is 1.94. The molecule has 0 aliphatic rings. The Morgan fingerprint density at radius 3 is 2.82 bits per heavy atom. The van der Waals surface area contributed by atoms with Crippen molar-refractivity contribution in [3.05, 3.63) is 40.4 Å². The van der Waals surface area contributed by atoms with E-state index in [-0.39, 0.29) is 0 Å². The maximum Gasteiger partial charge on any atom is 0.0868 e. The fourth-order valence-corrected chi connectivity index (χ4v) is 2.30. The lowest BCUT2D eigenvalue weighted by atomic mass is 10.3. The Morgan fingerprint density at radius 2 is 2.24 bits per heavy atom. The quantitative estimate of drug-likeness (QED) is 0.904. The van der Waals surface area contributed by atoms with E-state index in [0.717, 1.165) is 28.5 Å². The smallest absolute Gasteiger partial charge is 0.0868 e. The van der Waals surface area contributed by atoms with Gasteiger partial charge >= 0.3 is 0 Å². The Bertz CT molecular complexity index is 513. The second kappa shape index (κ2) is 4.94. The Kier molecular flexibility index (Phi) is 3.54. The van der Waals surface area contributed by atoms with Gasteiger partial charge in [-0.25, -0.2) is 0 Å². The van der Waals surface area contributed by atoms with E-state index in [1.54, 1.807) is 0 Å². The van der Waals surface area contributed by atoms with E-state index in [2.05, 4.69) is 16.6 Å². The van der Waals surface area contributed by atoms with Crippen molar-refractivity contribution >= 4 is 11.6 Å². The van der Waals surface area contributed by atoms with E-state index >= 15 is 0 Å². The Morgan fingerprint density at radius 1 is 1.47 bits per heavy atom. The molecule has 0 unspecified atom stereocenters. The van der Waals surface area contributed by atoms with Crippen molar-refractivity contribution in [3.63, 3.8) is 0 Å². The van der Waals surface area contributed by atoms with E-state index in [1.165, 1.54) is 0 Å². The standard InChI is InChI=1S/C12H17ClN4/c1-3-10-12(13)11(16(2)15-10)8-17-6-4-5-9(17)7-14/h4-6H,3,7-8,14H2,1-2H3. The summed E-state index contributed by atoms with van der Waals surface area (Å²) in [6.45, 7) is 3.30. The highest BCUT2D eigenvalue weighted by molar-refractivity contribution is 6.31. The first kappa shape index (κ1) is 12.2. The lowest BCUT2D eigenvalue weighted by molar-refractivity contribution is 0.647. The van der Waals surface area contributed by atoms with Gasteiger partial charge < -0.3 is 10.3 Å². The summed E-state index contributed by atoms with van der Waals surface area (Å²) in [4.78, 5) is 0. The zero-order valence-electron chi connectivity index (χ0n) is 10.2. The lowest BCUT2D eigenvalue weighted by Gasteiger charge is -2.08. The fraction of sp³-hybridized carbons (Fsp3) is 0.417. The molecule has 2 heterocycles. The molecule has 2 aromatic rings. The molecule has 4 nitrogen and oxygen atoms in total. The maximum absolute atomic E-state index is 6.31. The normalized spacial score (nSPS) is 11.1. The molecule has 92 valence electrons. The predicted molar refractivity (Wildman–Crippen MR) is 69.0 cm³/mol. The number of hydrogen-bond donors (Lipinski definition) is 1. The molecule has 0 aliphatic heterocycles. The first-order valence-corrected chi connectivity index (χ1v) is 6.09. The monoisotopic (exact) mass is 252 g/mol. The van der Waals surface area contributed by atoms with Crippen LogP contribution in [-0.4, -0.2) is 14.3 Å². The van der Waals surface area contributed by atoms with Gasteiger partial charge in [0.15, 0.2) is 0 Å². The summed E-state index contributed by atoms with van der Waals surface area (Å²) in [6.07, 6.45) is 2.86. The van der Waals surface area contributed by atoms with Gasteiger partial charge in [0.25, 0.3) is 0 Å². The summed E-state index contributed by atoms with van der Waals surface area (Å²) < 4.78 is 3.95. The van der Waals surface area contributed by atoms with Crippen molar-refractivity contribution in [1.29, 1.82) is 0 Å². The van der Waals surface area contributed by atoms with Gasteiger partial charge in [0.2, 0.25) is 0 Å². The molecule has 0 spiro atoms. The average Bonchev–Trinajstić information content (AvgIpc) is 2.88. The number of hydrogen-bond acceptors (Lipinski definition) is 2. The molecule has 0 fully saturated rings. The molecule has 0 atom stereocenters. The number of nitrogens with zero attached hydrogens (tertiary/aromatic N) is 3. The van der Waals surface area contributed by atoms with Crippen LogP contribution in [0.2, 0.25) is 5.02 Å². The summed E-state index contributed by atoms with van der Waals surface area (Å²) in [5.41, 5.74) is 8.75. The van der Waals surface area contributed by atoms with Gasteiger partial charge in [0, 0.05) is 25.5 Å². The summed E-state index contributed by atoms with van der Waals surface area (Å²) in [7, 11) is 1.92. The third-order valence-corrected chi connectivity index (χ3v) is 3.39. The van der Waals surface area contributed by atoms with Crippen molar-refractivity contribution in [2.75, 3.05) is 0 Å². The van der Waals surface area contributed by atoms with Gasteiger partial charge in [-0.15, -0.1) is 0 Å². The van der Waals surface area contributed by atoms with Crippen LogP contribution in [0.3, 0.4) is 0 Å². The van der Waals surface area contributed by atoms with Crippen LogP contribution in [0.4, 0.5) is 0 Å². The summed E-state index contributed by atoms with van der Waals surface area (Å²) in [5, 5.41) is 5.17. The minimum Gasteiger partial charge on any atom is -0.344 e. The van der Waals surface area contributed by atoms with Crippen molar-refractivity contribution in [3.8, 4) is 0 Å². The highest BCUT2D eigenvalue weighted by Crippen LogP contribution is 2.22. The predicted octanol–water partition coefficient (Wildman–Crippen LogP) is 1.94. The molecule has 0 amide bonds. The molecule has 0 aromatic carbocycles. The summed E-state index contributed by atoms with van der Waals surface area (Å²) in [6, 6.07) is 4.01. The van der Waals surface area contributed by atoms with Crippen LogP contribution in [0, 0.1) is 0 Å². The highest BCUT2D eigenvalue weighted by Gasteiger charge is 2.13. The first-order valence-electron chi connectivity index (χ1n) is 5.71. The number of nitrogens with two attached hydrogens (primary N) is 1. The zero-order chi connectivity index (χ0) is 12.4. The van der Waals surface area contributed by atoms with Gasteiger partial charge in [0.05, 0.1) is 23.0 Å². The van der Waals surface area contributed by atoms with Gasteiger partial charge in [-0.05, 0) is 18.6 Å². The molecular formula is C12H17ClN4. The van der Waals surface area contributed by atoms with Crippen molar-refractivity contribution in [2.24, 2.45) is 12.8 Å². The van der Waals surface area contributed by atoms with Crippen LogP contribution in [0.1, 0.15) is 24.0 Å². The number of aryl methyl sites for hydroxylation is 2. The van der Waals surface area contributed by atoms with Crippen LogP contribution in [0.5, 0.6) is 0 Å². The lowest BCUT2D eigenvalue weighted by Crippen LogP contribution is -2.10. The molecular weight excluding hydrogens is 236 g/mol. The third kappa shape index (κ3) is 2.23. The number of rotatable bonds is 4. The SMILES string of the molecule is CCc1nn(C)c(Cn2cccc2CN)c1Cl. The Labute approximate surface area is 106 Å². The highest BCUT2D eigenvalue weighted by atomic mass is 35.5. The third-order valence-electron chi connectivity index (χ3n) is 2.96. The number of aromatic nitrogens is 3. The second-order valence-electron chi connectivity index (χ2n) is 4.02. The maximum atomic E-state index is 6.31. The van der Waals surface area contributed by atoms with Crippen LogP contribution in [-0.2, 0) is 26.6 Å². The molecule has 2 aromatic heterocycles. The minimum atomic E-state index is 0.531. The van der Waals surface area contributed by atoms with Gasteiger partial charge in [-0.3, -0.25) is 4.68 Å². The van der Waals surface area contributed by atoms with Crippen molar-refractivity contribution in [1.82, 2.24) is 14.3 Å². The van der Waals surface area contributed by atoms with E-state index in [0.29, 0.717) is 13.1 Å². The molecule has 0 radical (unpaired) electrons. The van der Waals surface area contributed by atoms with E-state index < -0.39 is 0 Å². The van der Waals surface area contributed by atoms with Crippen LogP contribution in [0.25, 0.3) is 0 Å². The Balaban J connectivity index is 2.33. The van der Waals surface area contributed by atoms with Gasteiger partial charge in [-0.2, -0.15) is 5.10 Å². The summed E-state index contributed by atoms with van der Waals surface area (Å²) in [5.74, 6) is 0. The molecule has 2 N–H and O–H groups in total. The van der Waals surface area contributed by atoms with E-state index in [9.17, 15) is 0 Å². The van der Waals surface area contributed by atoms with Gasteiger partial charge in [0.1, 0.15) is 0 Å². The molecule has 0 saturated carbocycles. The molecule has 17 heavy (non-hydrogen) atoms. The van der Waals surface area contributed by atoms with E-state index in [4.69, 9.17) is 17.3 Å². The molecule has 0 bridgehead atoms. The van der Waals surface area contributed by atoms with Crippen LogP contribution in [0.15, 0.2) is 18.3 Å². The van der Waals surface area contributed by atoms with Crippen molar-refractivity contribution in [2.45, 2.75) is 26.4 Å². The van der Waals surface area contributed by atoms with Crippen LogP contribution < -0.4 is 5.73 Å². The molecule has 5 heteroatoms. The van der Waals surface area contributed by atoms with Gasteiger partial charge in [-0.1, -0.05) is 18.5 Å². The topological polar surface area (TPSA) is 48.8 Å².